The number of halogens is 2. The molecule has 0 aliphatic carbocycles. The van der Waals surface area contributed by atoms with Crippen molar-refractivity contribution in [2.75, 3.05) is 5.73 Å². The zero-order chi connectivity index (χ0) is 25.4. The molecule has 0 aliphatic rings. The summed E-state index contributed by atoms with van der Waals surface area (Å²) in [5.41, 5.74) is 11.4. The van der Waals surface area contributed by atoms with Crippen molar-refractivity contribution in [3.05, 3.63) is 95.8 Å². The summed E-state index contributed by atoms with van der Waals surface area (Å²) in [5.74, 6) is -0.140. The van der Waals surface area contributed by atoms with Crippen molar-refractivity contribution in [2.45, 2.75) is 0 Å². The third kappa shape index (κ3) is 15.1. The molecule has 216 valence electrons. The van der Waals surface area contributed by atoms with Crippen molar-refractivity contribution in [1.29, 1.82) is 0 Å². The van der Waals surface area contributed by atoms with Gasteiger partial charge in [0.05, 0.1) is 5.52 Å². The Morgan fingerprint density at radius 2 is 1.07 bits per heavy atom. The van der Waals surface area contributed by atoms with E-state index in [1.165, 1.54) is 30.5 Å². The Balaban J connectivity index is -0.000000198. The molecule has 6 aromatic rings. The predicted octanol–water partition coefficient (Wildman–Crippen LogP) is 4.37. The fraction of sp³-hybridized carbons (Fsp3) is 0.0769. The SMILES string of the molecule is Cn1nc(-c2ccc(F)cc2)c2c1ccc[n+]2[O-].Cn1nc(-c2ccc(F)cc2)c2nc(N)ccc21.[U].[U].[U].[U].[U].[U].[U].[U].[U]. The van der Waals surface area contributed by atoms with Gasteiger partial charge in [0.1, 0.15) is 34.2 Å². The molecule has 0 aliphatic heterocycles. The molecule has 0 unspecified atom stereocenters. The van der Waals surface area contributed by atoms with Crippen LogP contribution >= 0.6 is 0 Å². The van der Waals surface area contributed by atoms with Crippen molar-refractivity contribution in [1.82, 2.24) is 24.5 Å². The molecule has 0 amide bonds. The Bertz CT molecular complexity index is 1720. The first-order chi connectivity index (χ1) is 17.3. The van der Waals surface area contributed by atoms with Crippen LogP contribution in [-0.4, -0.2) is 24.5 Å². The van der Waals surface area contributed by atoms with Gasteiger partial charge in [0, 0.05) is 311 Å². The molecule has 0 saturated carbocycles. The second-order valence-corrected chi connectivity index (χ2v) is 8.13. The third-order valence-corrected chi connectivity index (χ3v) is 5.72. The van der Waals surface area contributed by atoms with Crippen molar-refractivity contribution < 1.29 is 294 Å². The molecule has 6 rings (SSSR count). The van der Waals surface area contributed by atoms with E-state index in [0.29, 0.717) is 22.7 Å². The first-order valence-corrected chi connectivity index (χ1v) is 11.0. The fourth-order valence-corrected chi connectivity index (χ4v) is 3.97. The molecule has 2 aromatic carbocycles. The molecule has 0 spiro atoms. The minimum Gasteiger partial charge on any atom is -0.618 e. The van der Waals surface area contributed by atoms with E-state index in [-0.39, 0.29) is 292 Å². The fourth-order valence-electron chi connectivity index (χ4n) is 3.97. The average molecular weight is 2630 g/mol. The maximum Gasteiger partial charge on any atom is 0.270 e. The molecule has 0 atom stereocenters. The van der Waals surface area contributed by atoms with Crippen LogP contribution in [0.1, 0.15) is 0 Å². The van der Waals surface area contributed by atoms with Gasteiger partial charge in [-0.1, -0.05) is 0 Å². The van der Waals surface area contributed by atoms with Crippen LogP contribution in [0.2, 0.25) is 0 Å². The maximum absolute atomic E-state index is 12.9. The van der Waals surface area contributed by atoms with Gasteiger partial charge in [-0.2, -0.15) is 14.9 Å². The number of aromatic nitrogens is 6. The molecular weight excluding hydrogens is 2610 g/mol. The van der Waals surface area contributed by atoms with E-state index in [1.54, 1.807) is 52.8 Å². The molecule has 0 saturated heterocycles. The number of aryl methyl sites for hydroxylation is 2. The summed E-state index contributed by atoms with van der Waals surface area (Å²) in [6.07, 6.45) is 1.43. The number of hydrogen-bond donors (Lipinski definition) is 1. The first-order valence-electron chi connectivity index (χ1n) is 11.0. The number of hydrogen-bond acceptors (Lipinski definition) is 5. The van der Waals surface area contributed by atoms with E-state index >= 15 is 0 Å². The Kier molecular flexibility index (Phi) is 36.8. The number of fused-ring (bicyclic) bond motifs is 2. The molecule has 0 radical (unpaired) electrons. The van der Waals surface area contributed by atoms with Crippen LogP contribution < -0.4 is 10.5 Å². The Labute approximate surface area is 473 Å². The van der Waals surface area contributed by atoms with Gasteiger partial charge < -0.3 is 10.9 Å². The van der Waals surface area contributed by atoms with Crippen LogP contribution in [0, 0.1) is 297 Å². The number of nitrogens with two attached hydrogens (primary N) is 1. The third-order valence-electron chi connectivity index (χ3n) is 5.72. The largest absolute Gasteiger partial charge is 0.618 e. The summed E-state index contributed by atoms with van der Waals surface area (Å²) >= 11 is 0. The number of nitrogen functional groups attached to an aromatic ring is 1. The van der Waals surface area contributed by atoms with E-state index in [2.05, 4.69) is 15.2 Å². The van der Waals surface area contributed by atoms with Crippen LogP contribution in [-0.2, 0) is 14.1 Å². The van der Waals surface area contributed by atoms with E-state index in [0.717, 1.165) is 32.4 Å². The zero-order valence-corrected chi connectivity index (χ0v) is 61.4. The summed E-state index contributed by atoms with van der Waals surface area (Å²) in [7, 11) is 3.61. The van der Waals surface area contributed by atoms with Gasteiger partial charge in [-0.05, 0) is 66.7 Å². The van der Waals surface area contributed by atoms with Gasteiger partial charge in [-0.25, -0.2) is 13.8 Å². The smallest absolute Gasteiger partial charge is 0.270 e. The van der Waals surface area contributed by atoms with Crippen molar-refractivity contribution in [3.63, 3.8) is 0 Å². The van der Waals surface area contributed by atoms with Crippen LogP contribution in [0.4, 0.5) is 14.6 Å². The summed E-state index contributed by atoms with van der Waals surface area (Å²) < 4.78 is 30.0. The van der Waals surface area contributed by atoms with Gasteiger partial charge in [0.2, 0.25) is 0 Å². The van der Waals surface area contributed by atoms with E-state index < -0.39 is 0 Å². The quantitative estimate of drug-likeness (QED) is 0.205. The molecule has 0 fully saturated rings. The first kappa shape index (κ1) is 58.9. The van der Waals surface area contributed by atoms with Crippen LogP contribution in [0.15, 0.2) is 79.0 Å². The van der Waals surface area contributed by atoms with Gasteiger partial charge in [0.15, 0.2) is 11.9 Å². The minimum atomic E-state index is -0.311. The molecule has 45 heavy (non-hydrogen) atoms. The predicted molar refractivity (Wildman–Crippen MR) is 133 cm³/mol. The summed E-state index contributed by atoms with van der Waals surface area (Å²) in [6, 6.07) is 19.2. The van der Waals surface area contributed by atoms with Crippen molar-refractivity contribution >= 4 is 27.9 Å². The minimum absolute atomic E-state index is 0. The number of rotatable bonds is 2. The molecule has 2 N–H and O–H groups in total. The summed E-state index contributed by atoms with van der Waals surface area (Å²) in [6.45, 7) is 0. The molecule has 4 aromatic heterocycles. The van der Waals surface area contributed by atoms with Crippen LogP contribution in [0.5, 0.6) is 0 Å². The Morgan fingerprint density at radius 1 is 0.622 bits per heavy atom. The average Bonchev–Trinajstić information content (AvgIpc) is 3.38. The monoisotopic (exact) mass is 2630 g/mol. The zero-order valence-electron chi connectivity index (χ0n) is 23.9. The van der Waals surface area contributed by atoms with Crippen LogP contribution in [0.3, 0.4) is 0 Å². The van der Waals surface area contributed by atoms with Gasteiger partial charge >= 0.3 is 0 Å². The second kappa shape index (κ2) is 28.1. The standard InChI is InChI=1S/C13H11FN4.C13H10FN3O.9U/c1-18-10-6-7-11(15)16-13(10)12(17-18)8-2-4-9(14)5-3-8;1-16-11-3-2-8-17(18)13(11)12(15-16)9-4-6-10(14)7-5-9;;;;;;;;;/h2-7H,1H3,(H2,15,16);2-8H,1H3;;;;;;;;;. The Morgan fingerprint density at radius 3 is 1.58 bits per heavy atom. The topological polar surface area (TPSA) is 101 Å². The molecule has 8 nitrogen and oxygen atoms in total. The number of pyridine rings is 2. The van der Waals surface area contributed by atoms with Gasteiger partial charge in [-0.15, -0.1) is 0 Å². The summed E-state index contributed by atoms with van der Waals surface area (Å²) in [5, 5.41) is 20.6. The van der Waals surface area contributed by atoms with Gasteiger partial charge in [-0.3, -0.25) is 9.36 Å². The molecule has 0 bridgehead atoms. The molecule has 4 heterocycles. The second-order valence-electron chi connectivity index (χ2n) is 8.13. The van der Waals surface area contributed by atoms with E-state index in [4.69, 9.17) is 5.73 Å². The van der Waals surface area contributed by atoms with Crippen molar-refractivity contribution in [2.24, 2.45) is 14.1 Å². The molecule has 19 heteroatoms. The maximum atomic E-state index is 12.9. The molecular formula is C26H21F2N7OU9. The van der Waals surface area contributed by atoms with Crippen molar-refractivity contribution in [3.8, 4) is 22.5 Å². The number of anilines is 1. The van der Waals surface area contributed by atoms with E-state index in [1.807, 2.05) is 19.2 Å². The summed E-state index contributed by atoms with van der Waals surface area (Å²) in [4.78, 5) is 4.30. The van der Waals surface area contributed by atoms with E-state index in [9.17, 15) is 14.0 Å². The van der Waals surface area contributed by atoms with Gasteiger partial charge in [0.25, 0.3) is 5.52 Å². The Hall–Kier alpha value is 4.61. The normalized spacial score (nSPS) is 8.80. The van der Waals surface area contributed by atoms with Crippen LogP contribution in [0.25, 0.3) is 44.6 Å². The number of benzene rings is 2. The number of nitrogens with zero attached hydrogens (tertiary/aromatic N) is 6.